The maximum absolute atomic E-state index is 11.4. The van der Waals surface area contributed by atoms with Crippen molar-refractivity contribution < 1.29 is 19.5 Å². The van der Waals surface area contributed by atoms with Gasteiger partial charge in [0.15, 0.2) is 0 Å². The van der Waals surface area contributed by atoms with E-state index in [1.165, 1.54) is 18.5 Å². The first-order valence-electron chi connectivity index (χ1n) is 4.51. The normalized spacial score (nSPS) is 9.88. The Morgan fingerprint density at radius 2 is 2.00 bits per heavy atom. The summed E-state index contributed by atoms with van der Waals surface area (Å²) < 4.78 is 0. The summed E-state index contributed by atoms with van der Waals surface area (Å²) in [4.78, 5) is 36.2. The lowest BCUT2D eigenvalue weighted by Crippen LogP contribution is -2.40. The molecule has 0 saturated heterocycles. The Morgan fingerprint density at radius 1 is 1.24 bits per heavy atom. The molecule has 88 valence electrons. The monoisotopic (exact) mass is 235 g/mol. The van der Waals surface area contributed by atoms with E-state index in [-0.39, 0.29) is 5.56 Å². The third-order valence-electron chi connectivity index (χ3n) is 1.60. The van der Waals surface area contributed by atoms with E-state index in [4.69, 9.17) is 5.11 Å². The minimum atomic E-state index is -1.25. The highest BCUT2D eigenvalue weighted by Gasteiger charge is 2.05. The van der Waals surface area contributed by atoms with Crippen molar-refractivity contribution in [1.82, 2.24) is 15.8 Å². The molecule has 0 saturated carbocycles. The van der Waals surface area contributed by atoms with Gasteiger partial charge in [-0.05, 0) is 12.1 Å². The fourth-order valence-electron chi connectivity index (χ4n) is 0.876. The van der Waals surface area contributed by atoms with Gasteiger partial charge in [0.1, 0.15) is 0 Å². The first-order valence-corrected chi connectivity index (χ1v) is 4.51. The zero-order valence-electron chi connectivity index (χ0n) is 8.58. The van der Waals surface area contributed by atoms with E-state index < -0.39 is 17.8 Å². The number of carbonyl (C=O) groups excluding carboxylic acids is 2. The van der Waals surface area contributed by atoms with Gasteiger partial charge in [0.2, 0.25) is 0 Å². The second-order valence-electron chi connectivity index (χ2n) is 2.86. The van der Waals surface area contributed by atoms with E-state index in [0.29, 0.717) is 6.08 Å². The average molecular weight is 235 g/mol. The van der Waals surface area contributed by atoms with Gasteiger partial charge in [-0.25, -0.2) is 4.79 Å². The average Bonchev–Trinajstić information content (AvgIpc) is 2.34. The SMILES string of the molecule is O=C(O)C=CC(=O)NNC(=O)c1cccnc1. The first-order chi connectivity index (χ1) is 8.09. The number of carboxylic acid groups (broad SMARTS) is 1. The molecule has 0 aliphatic carbocycles. The summed E-state index contributed by atoms with van der Waals surface area (Å²) in [5, 5.41) is 8.26. The Labute approximate surface area is 96.1 Å². The molecule has 1 rings (SSSR count). The van der Waals surface area contributed by atoms with Gasteiger partial charge in [-0.15, -0.1) is 0 Å². The first kappa shape index (κ1) is 12.4. The molecule has 0 aromatic carbocycles. The highest BCUT2D eigenvalue weighted by atomic mass is 16.4. The largest absolute Gasteiger partial charge is 0.478 e. The fraction of sp³-hybridized carbons (Fsp3) is 0. The standard InChI is InChI=1S/C10H9N3O4/c14-8(3-4-9(15)16)12-13-10(17)7-2-1-5-11-6-7/h1-6H,(H,12,14)(H,13,17)(H,15,16). The lowest BCUT2D eigenvalue weighted by atomic mass is 10.3. The van der Waals surface area contributed by atoms with Crippen LogP contribution >= 0.6 is 0 Å². The summed E-state index contributed by atoms with van der Waals surface area (Å²) in [6, 6.07) is 3.09. The molecule has 0 spiro atoms. The second-order valence-corrected chi connectivity index (χ2v) is 2.86. The van der Waals surface area contributed by atoms with Gasteiger partial charge in [-0.3, -0.25) is 25.4 Å². The summed E-state index contributed by atoms with van der Waals surface area (Å²) in [5.74, 6) is -2.54. The van der Waals surface area contributed by atoms with Gasteiger partial charge in [0.05, 0.1) is 5.56 Å². The van der Waals surface area contributed by atoms with Crippen LogP contribution in [0.4, 0.5) is 0 Å². The minimum Gasteiger partial charge on any atom is -0.478 e. The van der Waals surface area contributed by atoms with Gasteiger partial charge in [0.25, 0.3) is 11.8 Å². The smallest absolute Gasteiger partial charge is 0.328 e. The molecule has 0 fully saturated rings. The number of carboxylic acids is 1. The van der Waals surface area contributed by atoms with Crippen molar-refractivity contribution in [1.29, 1.82) is 0 Å². The predicted octanol–water partition coefficient (Wildman–Crippen LogP) is -0.517. The van der Waals surface area contributed by atoms with Crippen LogP contribution in [0.3, 0.4) is 0 Å². The number of rotatable bonds is 3. The molecule has 0 aliphatic rings. The molecule has 0 atom stereocenters. The molecule has 7 nitrogen and oxygen atoms in total. The maximum Gasteiger partial charge on any atom is 0.328 e. The zero-order valence-corrected chi connectivity index (χ0v) is 8.58. The fourth-order valence-corrected chi connectivity index (χ4v) is 0.876. The highest BCUT2D eigenvalue weighted by molar-refractivity contribution is 5.98. The van der Waals surface area contributed by atoms with Gasteiger partial charge >= 0.3 is 5.97 Å². The van der Waals surface area contributed by atoms with Gasteiger partial charge in [0, 0.05) is 24.5 Å². The summed E-state index contributed by atoms with van der Waals surface area (Å²) in [7, 11) is 0. The van der Waals surface area contributed by atoms with Crippen molar-refractivity contribution in [2.45, 2.75) is 0 Å². The molecule has 0 aliphatic heterocycles. The topological polar surface area (TPSA) is 108 Å². The molecule has 0 unspecified atom stereocenters. The van der Waals surface area contributed by atoms with E-state index >= 15 is 0 Å². The zero-order chi connectivity index (χ0) is 12.7. The number of amides is 2. The van der Waals surface area contributed by atoms with E-state index in [1.54, 1.807) is 6.07 Å². The molecule has 1 aromatic rings. The third-order valence-corrected chi connectivity index (χ3v) is 1.60. The molecule has 2 amide bonds. The van der Waals surface area contributed by atoms with Crippen LogP contribution in [0.5, 0.6) is 0 Å². The Bertz CT molecular complexity index is 456. The molecule has 3 N–H and O–H groups in total. The number of hydrogen-bond donors (Lipinski definition) is 3. The summed E-state index contributed by atoms with van der Waals surface area (Å²) in [5.41, 5.74) is 4.39. The van der Waals surface area contributed by atoms with Crippen LogP contribution in [-0.4, -0.2) is 27.9 Å². The highest BCUT2D eigenvalue weighted by Crippen LogP contribution is 1.93. The van der Waals surface area contributed by atoms with Gasteiger partial charge < -0.3 is 5.11 Å². The Morgan fingerprint density at radius 3 is 2.59 bits per heavy atom. The van der Waals surface area contributed by atoms with E-state index in [2.05, 4.69) is 10.4 Å². The quantitative estimate of drug-likeness (QED) is 0.482. The molecular weight excluding hydrogens is 226 g/mol. The van der Waals surface area contributed by atoms with Crippen LogP contribution in [0, 0.1) is 0 Å². The molecule has 7 heteroatoms. The third kappa shape index (κ3) is 4.56. The van der Waals surface area contributed by atoms with Crippen LogP contribution in [-0.2, 0) is 9.59 Å². The van der Waals surface area contributed by atoms with E-state index in [9.17, 15) is 14.4 Å². The van der Waals surface area contributed by atoms with Crippen LogP contribution in [0.25, 0.3) is 0 Å². The van der Waals surface area contributed by atoms with Crippen LogP contribution in [0.15, 0.2) is 36.7 Å². The predicted molar refractivity (Wildman–Crippen MR) is 56.6 cm³/mol. The van der Waals surface area contributed by atoms with Crippen molar-refractivity contribution in [2.24, 2.45) is 0 Å². The molecular formula is C10H9N3O4. The lowest BCUT2D eigenvalue weighted by molar-refractivity contribution is -0.131. The number of nitrogens with zero attached hydrogens (tertiary/aromatic N) is 1. The minimum absolute atomic E-state index is 0.273. The Hall–Kier alpha value is -2.70. The summed E-state index contributed by atoms with van der Waals surface area (Å²) >= 11 is 0. The van der Waals surface area contributed by atoms with Crippen molar-refractivity contribution in [2.75, 3.05) is 0 Å². The molecule has 0 radical (unpaired) electrons. The maximum atomic E-state index is 11.4. The molecule has 17 heavy (non-hydrogen) atoms. The van der Waals surface area contributed by atoms with Crippen molar-refractivity contribution in [3.8, 4) is 0 Å². The second kappa shape index (κ2) is 6.01. The van der Waals surface area contributed by atoms with E-state index in [1.807, 2.05) is 5.43 Å². The summed E-state index contributed by atoms with van der Waals surface area (Å²) in [6.45, 7) is 0. The van der Waals surface area contributed by atoms with Crippen molar-refractivity contribution >= 4 is 17.8 Å². The number of aliphatic carboxylic acids is 1. The summed E-state index contributed by atoms with van der Waals surface area (Å²) in [6.07, 6.45) is 4.27. The van der Waals surface area contributed by atoms with Gasteiger partial charge in [-0.2, -0.15) is 0 Å². The van der Waals surface area contributed by atoms with Crippen molar-refractivity contribution in [3.05, 3.63) is 42.2 Å². The number of carbonyl (C=O) groups is 3. The van der Waals surface area contributed by atoms with Gasteiger partial charge in [-0.1, -0.05) is 0 Å². The molecule has 1 heterocycles. The molecule has 1 aromatic heterocycles. The van der Waals surface area contributed by atoms with Crippen LogP contribution in [0.2, 0.25) is 0 Å². The van der Waals surface area contributed by atoms with E-state index in [0.717, 1.165) is 6.08 Å². The van der Waals surface area contributed by atoms with Crippen LogP contribution in [0.1, 0.15) is 10.4 Å². The number of hydrazine groups is 1. The Kier molecular flexibility index (Phi) is 4.37. The number of aromatic nitrogens is 1. The Balaban J connectivity index is 2.44. The number of nitrogens with one attached hydrogen (secondary N) is 2. The molecule has 0 bridgehead atoms. The van der Waals surface area contributed by atoms with Crippen molar-refractivity contribution in [3.63, 3.8) is 0 Å². The lowest BCUT2D eigenvalue weighted by Gasteiger charge is -2.04. The number of pyridine rings is 1. The van der Waals surface area contributed by atoms with Crippen LogP contribution < -0.4 is 10.9 Å². The number of hydrogen-bond acceptors (Lipinski definition) is 4.